The average Bonchev–Trinajstić information content (AvgIpc) is 3.30. The Bertz CT molecular complexity index is 1050. The number of amides is 1. The molecule has 1 aromatic heterocycles. The van der Waals surface area contributed by atoms with Gasteiger partial charge in [-0.25, -0.2) is 13.4 Å². The first-order chi connectivity index (χ1) is 14.3. The highest BCUT2D eigenvalue weighted by Crippen LogP contribution is 2.37. The van der Waals surface area contributed by atoms with Gasteiger partial charge in [-0.3, -0.25) is 9.10 Å². The number of carbonyl (C=O) groups is 1. The summed E-state index contributed by atoms with van der Waals surface area (Å²) in [6.45, 7) is 1.91. The molecule has 1 saturated carbocycles. The number of hydrogen-bond acceptors (Lipinski definition) is 6. The minimum absolute atomic E-state index is 0.00391. The molecule has 7 nitrogen and oxygen atoms in total. The molecule has 162 valence electrons. The van der Waals surface area contributed by atoms with Crippen LogP contribution in [0.1, 0.15) is 38.2 Å². The summed E-state index contributed by atoms with van der Waals surface area (Å²) >= 11 is 1.40. The number of fused-ring (bicyclic) bond motifs is 1. The van der Waals surface area contributed by atoms with Gasteiger partial charge in [-0.1, -0.05) is 12.5 Å². The lowest BCUT2D eigenvalue weighted by atomic mass is 9.86. The van der Waals surface area contributed by atoms with E-state index in [0.29, 0.717) is 11.6 Å². The van der Waals surface area contributed by atoms with Crippen LogP contribution in [0.25, 0.3) is 11.3 Å². The van der Waals surface area contributed by atoms with E-state index in [9.17, 15) is 13.2 Å². The standard InChI is InChI=1S/C21H27N3O4S2/c1-13-9-16-10-14(7-8-19(16)24(13)30(3,26)27)18-12-29-21(22-18)23-20(25)15-5-4-6-17(11-15)28-2/h7-8,10,12-13,15,17H,4-6,9,11H2,1-3H3,(H,22,23,25). The Hall–Kier alpha value is -1.97. The summed E-state index contributed by atoms with van der Waals surface area (Å²) in [5.41, 5.74) is 3.44. The maximum atomic E-state index is 12.6. The topological polar surface area (TPSA) is 88.6 Å². The fraction of sp³-hybridized carbons (Fsp3) is 0.524. The molecule has 2 heterocycles. The molecule has 0 radical (unpaired) electrons. The SMILES string of the molecule is COC1CCCC(C(=O)Nc2nc(-c3ccc4c(c3)CC(C)N4S(C)(=O)=O)cs2)C1. The van der Waals surface area contributed by atoms with Crippen molar-refractivity contribution in [1.82, 2.24) is 4.98 Å². The van der Waals surface area contributed by atoms with Crippen molar-refractivity contribution in [3.8, 4) is 11.3 Å². The normalized spacial score (nSPS) is 24.0. The van der Waals surface area contributed by atoms with Crippen LogP contribution in [0.5, 0.6) is 0 Å². The van der Waals surface area contributed by atoms with Crippen molar-refractivity contribution < 1.29 is 17.9 Å². The highest BCUT2D eigenvalue weighted by molar-refractivity contribution is 7.92. The smallest absolute Gasteiger partial charge is 0.232 e. The maximum absolute atomic E-state index is 12.6. The number of anilines is 2. The minimum atomic E-state index is -3.31. The van der Waals surface area contributed by atoms with Crippen molar-refractivity contribution >= 4 is 38.1 Å². The molecular weight excluding hydrogens is 422 g/mol. The van der Waals surface area contributed by atoms with Crippen molar-refractivity contribution in [2.45, 2.75) is 51.2 Å². The van der Waals surface area contributed by atoms with Crippen LogP contribution in [0.2, 0.25) is 0 Å². The molecule has 2 aromatic rings. The van der Waals surface area contributed by atoms with E-state index in [1.807, 2.05) is 30.5 Å². The number of aromatic nitrogens is 1. The fourth-order valence-corrected chi connectivity index (χ4v) is 6.52. The molecule has 4 rings (SSSR count). The van der Waals surface area contributed by atoms with Gasteiger partial charge >= 0.3 is 0 Å². The molecule has 0 spiro atoms. The van der Waals surface area contributed by atoms with Gasteiger partial charge in [-0.15, -0.1) is 11.3 Å². The number of nitrogens with one attached hydrogen (secondary N) is 1. The molecule has 1 N–H and O–H groups in total. The van der Waals surface area contributed by atoms with Gasteiger partial charge < -0.3 is 10.1 Å². The second-order valence-corrected chi connectivity index (χ2v) is 10.9. The van der Waals surface area contributed by atoms with Gasteiger partial charge in [-0.05, 0) is 50.3 Å². The summed E-state index contributed by atoms with van der Waals surface area (Å²) in [7, 11) is -1.61. The van der Waals surface area contributed by atoms with Crippen LogP contribution in [0.4, 0.5) is 10.8 Å². The van der Waals surface area contributed by atoms with Crippen LogP contribution in [0.3, 0.4) is 0 Å². The highest BCUT2D eigenvalue weighted by atomic mass is 32.2. The van der Waals surface area contributed by atoms with Crippen LogP contribution in [0, 0.1) is 5.92 Å². The quantitative estimate of drug-likeness (QED) is 0.752. The first kappa shape index (κ1) is 21.3. The zero-order valence-corrected chi connectivity index (χ0v) is 19.1. The van der Waals surface area contributed by atoms with Gasteiger partial charge in [0.05, 0.1) is 23.7 Å². The van der Waals surface area contributed by atoms with Gasteiger partial charge in [-0.2, -0.15) is 0 Å². The van der Waals surface area contributed by atoms with Crippen LogP contribution in [-0.2, 0) is 26.0 Å². The van der Waals surface area contributed by atoms with Gasteiger partial charge in [0.2, 0.25) is 15.9 Å². The Labute approximate surface area is 181 Å². The number of sulfonamides is 1. The number of thiazole rings is 1. The third kappa shape index (κ3) is 4.24. The lowest BCUT2D eigenvalue weighted by molar-refractivity contribution is -0.122. The summed E-state index contributed by atoms with van der Waals surface area (Å²) in [5.74, 6) is -0.0382. The van der Waals surface area contributed by atoms with E-state index in [0.717, 1.165) is 48.2 Å². The van der Waals surface area contributed by atoms with E-state index in [2.05, 4.69) is 10.3 Å². The van der Waals surface area contributed by atoms with E-state index < -0.39 is 10.0 Å². The van der Waals surface area contributed by atoms with Crippen LogP contribution < -0.4 is 9.62 Å². The van der Waals surface area contributed by atoms with Crippen molar-refractivity contribution in [2.24, 2.45) is 5.92 Å². The van der Waals surface area contributed by atoms with Crippen molar-refractivity contribution in [3.63, 3.8) is 0 Å². The van der Waals surface area contributed by atoms with Crippen LogP contribution in [0.15, 0.2) is 23.6 Å². The number of rotatable bonds is 5. The van der Waals surface area contributed by atoms with Gasteiger partial charge in [0.25, 0.3) is 0 Å². The Morgan fingerprint density at radius 1 is 1.33 bits per heavy atom. The number of ether oxygens (including phenoxy) is 1. The number of nitrogens with zero attached hydrogens (tertiary/aromatic N) is 2. The molecule has 0 bridgehead atoms. The first-order valence-corrected chi connectivity index (χ1v) is 12.9. The molecule has 1 aliphatic carbocycles. The zero-order chi connectivity index (χ0) is 21.5. The minimum Gasteiger partial charge on any atom is -0.381 e. The molecule has 3 atom stereocenters. The van der Waals surface area contributed by atoms with Crippen molar-refractivity contribution in [1.29, 1.82) is 0 Å². The lowest BCUT2D eigenvalue weighted by Crippen LogP contribution is -2.34. The molecule has 3 unspecified atom stereocenters. The third-order valence-electron chi connectivity index (χ3n) is 5.95. The Kier molecular flexibility index (Phi) is 5.87. The van der Waals surface area contributed by atoms with Crippen molar-refractivity contribution in [3.05, 3.63) is 29.1 Å². The summed E-state index contributed by atoms with van der Waals surface area (Å²) in [6.07, 6.45) is 5.70. The molecule has 1 aliphatic heterocycles. The largest absolute Gasteiger partial charge is 0.381 e. The fourth-order valence-electron chi connectivity index (χ4n) is 4.54. The second-order valence-electron chi connectivity index (χ2n) is 8.20. The number of methoxy groups -OCH3 is 1. The summed E-state index contributed by atoms with van der Waals surface area (Å²) in [4.78, 5) is 17.2. The molecule has 1 aromatic carbocycles. The Morgan fingerprint density at radius 2 is 2.13 bits per heavy atom. The lowest BCUT2D eigenvalue weighted by Gasteiger charge is -2.26. The second kappa shape index (κ2) is 8.28. The Morgan fingerprint density at radius 3 is 2.87 bits per heavy atom. The predicted molar refractivity (Wildman–Crippen MR) is 119 cm³/mol. The van der Waals surface area contributed by atoms with E-state index in [-0.39, 0.29) is 24.0 Å². The van der Waals surface area contributed by atoms with E-state index >= 15 is 0 Å². The predicted octanol–water partition coefficient (Wildman–Crippen LogP) is 3.66. The molecule has 1 amide bonds. The molecule has 0 saturated heterocycles. The number of benzene rings is 1. The van der Waals surface area contributed by atoms with Crippen LogP contribution >= 0.6 is 11.3 Å². The average molecular weight is 450 g/mol. The Balaban J connectivity index is 1.48. The number of carbonyl (C=O) groups excluding carboxylic acids is 1. The molecule has 2 aliphatic rings. The first-order valence-electron chi connectivity index (χ1n) is 10.2. The summed E-state index contributed by atoms with van der Waals surface area (Å²) in [6, 6.07) is 5.64. The monoisotopic (exact) mass is 449 g/mol. The summed E-state index contributed by atoms with van der Waals surface area (Å²) < 4.78 is 31.1. The van der Waals surface area contributed by atoms with Crippen LogP contribution in [-0.4, -0.2) is 44.8 Å². The third-order valence-corrected chi connectivity index (χ3v) is 7.98. The number of hydrogen-bond donors (Lipinski definition) is 1. The molecular formula is C21H27N3O4S2. The van der Waals surface area contributed by atoms with Gasteiger partial charge in [0, 0.05) is 30.0 Å². The van der Waals surface area contributed by atoms with Crippen molar-refractivity contribution in [2.75, 3.05) is 23.0 Å². The van der Waals surface area contributed by atoms with Gasteiger partial charge in [0.15, 0.2) is 5.13 Å². The molecule has 30 heavy (non-hydrogen) atoms. The van der Waals surface area contributed by atoms with E-state index in [1.54, 1.807) is 7.11 Å². The van der Waals surface area contributed by atoms with Gasteiger partial charge in [0.1, 0.15) is 0 Å². The summed E-state index contributed by atoms with van der Waals surface area (Å²) in [5, 5.41) is 5.46. The molecule has 1 fully saturated rings. The zero-order valence-electron chi connectivity index (χ0n) is 17.4. The molecule has 9 heteroatoms. The highest BCUT2D eigenvalue weighted by Gasteiger charge is 2.32. The maximum Gasteiger partial charge on any atom is 0.232 e. The van der Waals surface area contributed by atoms with E-state index in [1.165, 1.54) is 21.9 Å². The van der Waals surface area contributed by atoms with E-state index in [4.69, 9.17) is 4.74 Å².